The highest BCUT2D eigenvalue weighted by Gasteiger charge is 2.07. The lowest BCUT2D eigenvalue weighted by Crippen LogP contribution is -2.03. The first-order valence-corrected chi connectivity index (χ1v) is 17.1. The topological polar surface area (TPSA) is 42.8 Å². The molecule has 0 atom stereocenters. The molecule has 4 heteroatoms. The van der Waals surface area contributed by atoms with E-state index in [-0.39, 0.29) is 0 Å². The van der Waals surface area contributed by atoms with Crippen molar-refractivity contribution in [2.45, 2.75) is 142 Å². The molecule has 2 rings (SSSR count). The fraction of sp³-hybridized carbons (Fsp3) is 0.649. The van der Waals surface area contributed by atoms with Crippen LogP contribution in [0.3, 0.4) is 0 Å². The number of benzene rings is 2. The predicted octanol–water partition coefficient (Wildman–Crippen LogP) is 11.7. The van der Waals surface area contributed by atoms with Crippen LogP contribution in [0, 0.1) is 0 Å². The number of hydrogen-bond acceptors (Lipinski definition) is 4. The van der Waals surface area contributed by atoms with Crippen molar-refractivity contribution in [3.05, 3.63) is 54.1 Å². The van der Waals surface area contributed by atoms with Crippen molar-refractivity contribution in [3.63, 3.8) is 0 Å². The first kappa shape index (κ1) is 34.7. The van der Waals surface area contributed by atoms with Crippen LogP contribution in [0.4, 0.5) is 5.69 Å². The number of anilines is 1. The van der Waals surface area contributed by atoms with E-state index < -0.39 is 0 Å². The molecular formula is C37H60N2O2. The van der Waals surface area contributed by atoms with Gasteiger partial charge in [0.15, 0.2) is 11.5 Å². The van der Waals surface area contributed by atoms with E-state index in [0.717, 1.165) is 48.8 Å². The van der Waals surface area contributed by atoms with Crippen LogP contribution in [0.1, 0.15) is 148 Å². The standard InChI is InChI=1S/C37H60N2O2/c1-3-5-7-9-11-13-15-17-19-24-30-40-36-29-28-34(33-38-39-35-26-22-21-23-27-35)32-37(36)41-31-25-20-18-16-14-12-10-8-6-4-2/h21-23,26-29,32-33,39H,3-20,24-25,30-31H2,1-2H3. The summed E-state index contributed by atoms with van der Waals surface area (Å²) in [6, 6.07) is 16.1. The van der Waals surface area contributed by atoms with Crippen LogP contribution in [0.2, 0.25) is 0 Å². The molecule has 0 unspecified atom stereocenters. The monoisotopic (exact) mass is 564 g/mol. The van der Waals surface area contributed by atoms with Gasteiger partial charge in [0, 0.05) is 0 Å². The van der Waals surface area contributed by atoms with Crippen molar-refractivity contribution in [1.29, 1.82) is 0 Å². The molecule has 0 saturated carbocycles. The number of hydrazone groups is 1. The van der Waals surface area contributed by atoms with Gasteiger partial charge in [-0.2, -0.15) is 5.10 Å². The molecule has 0 aromatic heterocycles. The molecule has 0 radical (unpaired) electrons. The van der Waals surface area contributed by atoms with Crippen LogP contribution in [0.15, 0.2) is 53.6 Å². The number of hydrogen-bond donors (Lipinski definition) is 1. The van der Waals surface area contributed by atoms with Gasteiger partial charge in [0.2, 0.25) is 0 Å². The van der Waals surface area contributed by atoms with E-state index in [1.807, 2.05) is 42.6 Å². The van der Waals surface area contributed by atoms with Crippen LogP contribution in [0.25, 0.3) is 0 Å². The third-order valence-electron chi connectivity index (χ3n) is 7.66. The second-order valence-electron chi connectivity index (χ2n) is 11.5. The molecule has 0 bridgehead atoms. The summed E-state index contributed by atoms with van der Waals surface area (Å²) < 4.78 is 12.5. The van der Waals surface area contributed by atoms with Gasteiger partial charge in [-0.3, -0.25) is 5.43 Å². The van der Waals surface area contributed by atoms with Crippen molar-refractivity contribution in [1.82, 2.24) is 0 Å². The average molecular weight is 565 g/mol. The number of unbranched alkanes of at least 4 members (excludes halogenated alkanes) is 18. The smallest absolute Gasteiger partial charge is 0.161 e. The molecule has 0 spiro atoms. The Hall–Kier alpha value is -2.49. The quantitative estimate of drug-likeness (QED) is 0.0666. The fourth-order valence-electron chi connectivity index (χ4n) is 5.07. The normalized spacial score (nSPS) is 11.3. The van der Waals surface area contributed by atoms with Gasteiger partial charge in [-0.1, -0.05) is 148 Å². The Morgan fingerprint density at radius 1 is 0.537 bits per heavy atom. The van der Waals surface area contributed by atoms with Crippen molar-refractivity contribution in [3.8, 4) is 11.5 Å². The van der Waals surface area contributed by atoms with Gasteiger partial charge < -0.3 is 9.47 Å². The summed E-state index contributed by atoms with van der Waals surface area (Å²) in [5, 5.41) is 4.40. The van der Waals surface area contributed by atoms with Crippen molar-refractivity contribution < 1.29 is 9.47 Å². The van der Waals surface area contributed by atoms with E-state index in [4.69, 9.17) is 9.47 Å². The molecule has 230 valence electrons. The molecule has 0 heterocycles. The SMILES string of the molecule is CCCCCCCCCCCCOc1ccc(C=NNc2ccccc2)cc1OCCCCCCCCCCCC. The Kier molecular flexibility index (Phi) is 21.4. The Balaban J connectivity index is 1.73. The molecule has 2 aromatic carbocycles. The molecule has 0 saturated heterocycles. The molecule has 0 aliphatic rings. The Morgan fingerprint density at radius 2 is 1.00 bits per heavy atom. The summed E-state index contributed by atoms with van der Waals surface area (Å²) in [5.41, 5.74) is 5.06. The summed E-state index contributed by atoms with van der Waals surface area (Å²) in [6.45, 7) is 6.04. The molecule has 2 aromatic rings. The largest absolute Gasteiger partial charge is 0.490 e. The summed E-state index contributed by atoms with van der Waals surface area (Å²) in [5.74, 6) is 1.68. The Bertz CT molecular complexity index is 884. The number of para-hydroxylation sites is 1. The molecule has 41 heavy (non-hydrogen) atoms. The Labute approximate surface area is 252 Å². The van der Waals surface area contributed by atoms with E-state index in [9.17, 15) is 0 Å². The zero-order chi connectivity index (χ0) is 29.1. The summed E-state index contributed by atoms with van der Waals surface area (Å²) in [6.07, 6.45) is 28.4. The molecule has 0 amide bonds. The zero-order valence-corrected chi connectivity index (χ0v) is 26.5. The lowest BCUT2D eigenvalue weighted by molar-refractivity contribution is 0.258. The fourth-order valence-corrected chi connectivity index (χ4v) is 5.07. The first-order valence-electron chi connectivity index (χ1n) is 17.1. The number of rotatable bonds is 27. The molecule has 0 aliphatic heterocycles. The van der Waals surface area contributed by atoms with Gasteiger partial charge >= 0.3 is 0 Å². The minimum atomic E-state index is 0.730. The van der Waals surface area contributed by atoms with Gasteiger partial charge in [-0.25, -0.2) is 0 Å². The number of nitrogens with zero attached hydrogens (tertiary/aromatic N) is 1. The molecule has 4 nitrogen and oxygen atoms in total. The lowest BCUT2D eigenvalue weighted by atomic mass is 10.1. The van der Waals surface area contributed by atoms with Gasteiger partial charge in [0.05, 0.1) is 25.1 Å². The first-order chi connectivity index (χ1) is 20.3. The van der Waals surface area contributed by atoms with E-state index in [0.29, 0.717) is 0 Å². The minimum Gasteiger partial charge on any atom is -0.490 e. The van der Waals surface area contributed by atoms with Gasteiger partial charge in [0.1, 0.15) is 0 Å². The predicted molar refractivity (Wildman–Crippen MR) is 179 cm³/mol. The van der Waals surface area contributed by atoms with E-state index >= 15 is 0 Å². The highest BCUT2D eigenvalue weighted by Crippen LogP contribution is 2.29. The van der Waals surface area contributed by atoms with Crippen molar-refractivity contribution >= 4 is 11.9 Å². The average Bonchev–Trinajstić information content (AvgIpc) is 3.00. The van der Waals surface area contributed by atoms with E-state index in [1.165, 1.54) is 116 Å². The lowest BCUT2D eigenvalue weighted by Gasteiger charge is -2.14. The zero-order valence-electron chi connectivity index (χ0n) is 26.5. The summed E-state index contributed by atoms with van der Waals surface area (Å²) >= 11 is 0. The van der Waals surface area contributed by atoms with Crippen LogP contribution in [-0.4, -0.2) is 19.4 Å². The van der Waals surface area contributed by atoms with E-state index in [2.05, 4.69) is 36.5 Å². The molecule has 0 aliphatic carbocycles. The molecule has 0 fully saturated rings. The van der Waals surface area contributed by atoms with E-state index in [1.54, 1.807) is 0 Å². The van der Waals surface area contributed by atoms with Crippen LogP contribution in [-0.2, 0) is 0 Å². The minimum absolute atomic E-state index is 0.730. The highest BCUT2D eigenvalue weighted by molar-refractivity contribution is 5.81. The Morgan fingerprint density at radius 3 is 1.51 bits per heavy atom. The van der Waals surface area contributed by atoms with Crippen LogP contribution < -0.4 is 14.9 Å². The van der Waals surface area contributed by atoms with Gasteiger partial charge in [-0.15, -0.1) is 0 Å². The second kappa shape index (κ2) is 25.2. The summed E-state index contributed by atoms with van der Waals surface area (Å²) in [7, 11) is 0. The molecule has 1 N–H and O–H groups in total. The third-order valence-corrected chi connectivity index (χ3v) is 7.66. The van der Waals surface area contributed by atoms with Crippen molar-refractivity contribution in [2.24, 2.45) is 5.10 Å². The van der Waals surface area contributed by atoms with Gasteiger partial charge in [0.25, 0.3) is 0 Å². The van der Waals surface area contributed by atoms with Crippen LogP contribution in [0.5, 0.6) is 11.5 Å². The maximum atomic E-state index is 6.26. The second-order valence-corrected chi connectivity index (χ2v) is 11.5. The summed E-state index contributed by atoms with van der Waals surface area (Å²) in [4.78, 5) is 0. The molecular weight excluding hydrogens is 504 g/mol. The van der Waals surface area contributed by atoms with Crippen LogP contribution >= 0.6 is 0 Å². The third kappa shape index (κ3) is 18.5. The number of nitrogens with one attached hydrogen (secondary N) is 1. The maximum absolute atomic E-state index is 6.26. The van der Waals surface area contributed by atoms with Gasteiger partial charge in [-0.05, 0) is 48.7 Å². The maximum Gasteiger partial charge on any atom is 0.161 e. The highest BCUT2D eigenvalue weighted by atomic mass is 16.5. The van der Waals surface area contributed by atoms with Crippen molar-refractivity contribution in [2.75, 3.05) is 18.6 Å². The number of ether oxygens (including phenoxy) is 2.